The van der Waals surface area contributed by atoms with E-state index in [0.717, 1.165) is 17.0 Å². The highest BCUT2D eigenvalue weighted by molar-refractivity contribution is 5.97. The summed E-state index contributed by atoms with van der Waals surface area (Å²) in [6.07, 6.45) is 0.351. The zero-order valence-electron chi connectivity index (χ0n) is 8.33. The fourth-order valence-electron chi connectivity index (χ4n) is 1.53. The van der Waals surface area contributed by atoms with Crippen LogP contribution >= 0.6 is 0 Å². The molecule has 0 saturated carbocycles. The minimum absolute atomic E-state index is 0.0504. The quantitative estimate of drug-likeness (QED) is 0.738. The maximum Gasteiger partial charge on any atom is 0.265 e. The molecule has 14 heavy (non-hydrogen) atoms. The van der Waals surface area contributed by atoms with Crippen LogP contribution in [0.4, 0.5) is 5.69 Å². The van der Waals surface area contributed by atoms with Gasteiger partial charge in [0.25, 0.3) is 5.91 Å². The number of fused-ring (bicyclic) bond motifs is 1. The van der Waals surface area contributed by atoms with Gasteiger partial charge in [-0.25, -0.2) is 0 Å². The predicted molar refractivity (Wildman–Crippen MR) is 54.5 cm³/mol. The topological polar surface area (TPSA) is 38.3 Å². The second-order valence-electron chi connectivity index (χ2n) is 3.50. The first-order valence-electron chi connectivity index (χ1n) is 4.79. The van der Waals surface area contributed by atoms with Crippen LogP contribution in [0.3, 0.4) is 0 Å². The Morgan fingerprint density at radius 3 is 3.00 bits per heavy atom. The van der Waals surface area contributed by atoms with E-state index in [1.54, 1.807) is 0 Å². The van der Waals surface area contributed by atoms with Crippen molar-refractivity contribution in [2.45, 2.75) is 26.4 Å². The van der Waals surface area contributed by atoms with Crippen LogP contribution in [0.2, 0.25) is 0 Å². The number of amides is 1. The van der Waals surface area contributed by atoms with Crippen molar-refractivity contribution >= 4 is 11.6 Å². The van der Waals surface area contributed by atoms with Gasteiger partial charge in [-0.1, -0.05) is 13.0 Å². The molecular weight excluding hydrogens is 178 g/mol. The van der Waals surface area contributed by atoms with Crippen LogP contribution in [0.15, 0.2) is 18.2 Å². The summed E-state index contributed by atoms with van der Waals surface area (Å²) in [5.74, 6) is 0.715. The Bertz CT molecular complexity index is 374. The monoisotopic (exact) mass is 191 g/mol. The Labute approximate surface area is 83.1 Å². The maximum absolute atomic E-state index is 11.5. The van der Waals surface area contributed by atoms with Crippen LogP contribution in [0, 0.1) is 6.92 Å². The summed E-state index contributed by atoms with van der Waals surface area (Å²) in [5, 5.41) is 2.84. The van der Waals surface area contributed by atoms with Gasteiger partial charge in [0.15, 0.2) is 6.10 Å². The lowest BCUT2D eigenvalue weighted by Crippen LogP contribution is -2.36. The fourth-order valence-corrected chi connectivity index (χ4v) is 1.53. The molecule has 1 aromatic rings. The predicted octanol–water partition coefficient (Wildman–Crippen LogP) is 2.10. The molecule has 0 bridgehead atoms. The molecule has 1 aliphatic heterocycles. The van der Waals surface area contributed by atoms with E-state index >= 15 is 0 Å². The second kappa shape index (κ2) is 3.33. The Morgan fingerprint density at radius 1 is 1.50 bits per heavy atom. The lowest BCUT2D eigenvalue weighted by atomic mass is 10.1. The fraction of sp³-hybridized carbons (Fsp3) is 0.364. The number of nitrogens with one attached hydrogen (secondary N) is 1. The van der Waals surface area contributed by atoms with Gasteiger partial charge < -0.3 is 10.1 Å². The highest BCUT2D eigenvalue weighted by atomic mass is 16.5. The van der Waals surface area contributed by atoms with Gasteiger partial charge in [-0.05, 0) is 31.0 Å². The average molecular weight is 191 g/mol. The van der Waals surface area contributed by atoms with Crippen molar-refractivity contribution in [3.63, 3.8) is 0 Å². The van der Waals surface area contributed by atoms with E-state index < -0.39 is 0 Å². The molecule has 1 aliphatic rings. The number of hydrogen-bond donors (Lipinski definition) is 1. The van der Waals surface area contributed by atoms with Crippen LogP contribution in [0.1, 0.15) is 18.9 Å². The van der Waals surface area contributed by atoms with Crippen LogP contribution in [-0.4, -0.2) is 12.0 Å². The largest absolute Gasteiger partial charge is 0.478 e. The van der Waals surface area contributed by atoms with E-state index in [9.17, 15) is 4.79 Å². The highest BCUT2D eigenvalue weighted by Crippen LogP contribution is 2.30. The first-order chi connectivity index (χ1) is 6.70. The molecule has 0 aromatic heterocycles. The molecule has 0 radical (unpaired) electrons. The second-order valence-corrected chi connectivity index (χ2v) is 3.50. The molecule has 0 spiro atoms. The number of carbonyl (C=O) groups is 1. The minimum Gasteiger partial charge on any atom is -0.478 e. The third-order valence-electron chi connectivity index (χ3n) is 2.33. The Hall–Kier alpha value is -1.51. The van der Waals surface area contributed by atoms with Crippen LogP contribution < -0.4 is 10.1 Å². The molecule has 0 saturated heterocycles. The smallest absolute Gasteiger partial charge is 0.265 e. The molecule has 2 rings (SSSR count). The van der Waals surface area contributed by atoms with Gasteiger partial charge >= 0.3 is 0 Å². The van der Waals surface area contributed by atoms with Crippen LogP contribution in [-0.2, 0) is 4.79 Å². The van der Waals surface area contributed by atoms with E-state index in [-0.39, 0.29) is 12.0 Å². The molecule has 0 fully saturated rings. The van der Waals surface area contributed by atoms with Crippen LogP contribution in [0.25, 0.3) is 0 Å². The Morgan fingerprint density at radius 2 is 2.29 bits per heavy atom. The molecular formula is C11H13NO2. The molecule has 1 amide bonds. The van der Waals surface area contributed by atoms with E-state index in [4.69, 9.17) is 4.74 Å². The van der Waals surface area contributed by atoms with E-state index in [1.165, 1.54) is 0 Å². The standard InChI is InChI=1S/C11H13NO2/c1-3-9-11(13)12-8-6-7(2)4-5-10(8)14-9/h4-6,9H,3H2,1-2H3,(H,12,13)/t9-/m0/s1. The zero-order chi connectivity index (χ0) is 10.1. The summed E-state index contributed by atoms with van der Waals surface area (Å²) >= 11 is 0. The van der Waals surface area contributed by atoms with Crippen molar-refractivity contribution in [2.24, 2.45) is 0 Å². The molecule has 3 nitrogen and oxygen atoms in total. The van der Waals surface area contributed by atoms with Crippen molar-refractivity contribution in [2.75, 3.05) is 5.32 Å². The number of aryl methyl sites for hydroxylation is 1. The minimum atomic E-state index is -0.342. The maximum atomic E-state index is 11.5. The van der Waals surface area contributed by atoms with Gasteiger partial charge in [0.1, 0.15) is 5.75 Å². The lowest BCUT2D eigenvalue weighted by molar-refractivity contribution is -0.123. The van der Waals surface area contributed by atoms with Gasteiger partial charge in [-0.3, -0.25) is 4.79 Å². The number of hydrogen-bond acceptors (Lipinski definition) is 2. The summed E-state index contributed by atoms with van der Waals surface area (Å²) in [5.41, 5.74) is 1.89. The lowest BCUT2D eigenvalue weighted by Gasteiger charge is -2.25. The van der Waals surface area contributed by atoms with Gasteiger partial charge in [-0.2, -0.15) is 0 Å². The van der Waals surface area contributed by atoms with Gasteiger partial charge in [-0.15, -0.1) is 0 Å². The first kappa shape index (κ1) is 9.06. The van der Waals surface area contributed by atoms with Crippen molar-refractivity contribution in [3.05, 3.63) is 23.8 Å². The zero-order valence-corrected chi connectivity index (χ0v) is 8.33. The van der Waals surface area contributed by atoms with Gasteiger partial charge in [0.2, 0.25) is 0 Å². The average Bonchev–Trinajstić information content (AvgIpc) is 2.16. The van der Waals surface area contributed by atoms with Crippen molar-refractivity contribution < 1.29 is 9.53 Å². The number of ether oxygens (including phenoxy) is 1. The molecule has 3 heteroatoms. The number of carbonyl (C=O) groups excluding carboxylic acids is 1. The number of anilines is 1. The number of rotatable bonds is 1. The summed E-state index contributed by atoms with van der Waals surface area (Å²) in [4.78, 5) is 11.5. The molecule has 1 aromatic carbocycles. The normalized spacial score (nSPS) is 19.6. The Balaban J connectivity index is 2.35. The Kier molecular flexibility index (Phi) is 2.15. The molecule has 1 heterocycles. The van der Waals surface area contributed by atoms with E-state index in [1.807, 2.05) is 32.0 Å². The highest BCUT2D eigenvalue weighted by Gasteiger charge is 2.25. The van der Waals surface area contributed by atoms with Crippen LogP contribution in [0.5, 0.6) is 5.75 Å². The summed E-state index contributed by atoms with van der Waals surface area (Å²) in [6, 6.07) is 5.79. The molecule has 0 unspecified atom stereocenters. The third-order valence-corrected chi connectivity index (χ3v) is 2.33. The molecule has 1 atom stereocenters. The summed E-state index contributed by atoms with van der Waals surface area (Å²) < 4.78 is 5.54. The summed E-state index contributed by atoms with van der Waals surface area (Å²) in [7, 11) is 0. The van der Waals surface area contributed by atoms with Crippen molar-refractivity contribution in [1.82, 2.24) is 0 Å². The molecule has 0 aliphatic carbocycles. The SMILES string of the molecule is CC[C@@H]1Oc2ccc(C)cc2NC1=O. The summed E-state index contributed by atoms with van der Waals surface area (Å²) in [6.45, 7) is 3.92. The number of benzene rings is 1. The molecule has 74 valence electrons. The first-order valence-corrected chi connectivity index (χ1v) is 4.79. The molecule has 1 N–H and O–H groups in total. The van der Waals surface area contributed by atoms with Crippen molar-refractivity contribution in [1.29, 1.82) is 0 Å². The van der Waals surface area contributed by atoms with Crippen molar-refractivity contribution in [3.8, 4) is 5.75 Å². The third kappa shape index (κ3) is 1.45. The van der Waals surface area contributed by atoms with Gasteiger partial charge in [0, 0.05) is 0 Å². The van der Waals surface area contributed by atoms with Gasteiger partial charge in [0.05, 0.1) is 5.69 Å². The van der Waals surface area contributed by atoms with E-state index in [2.05, 4.69) is 5.32 Å². The van der Waals surface area contributed by atoms with E-state index in [0.29, 0.717) is 6.42 Å².